The van der Waals surface area contributed by atoms with Gasteiger partial charge in [0, 0.05) is 13.0 Å². The number of rotatable bonds is 7. The molecule has 0 amide bonds. The number of nitrogens with zero attached hydrogens (tertiary/aromatic N) is 2. The molecule has 0 unspecified atom stereocenters. The molecule has 0 aliphatic heterocycles. The van der Waals surface area contributed by atoms with Gasteiger partial charge in [-0.25, -0.2) is 4.98 Å². The van der Waals surface area contributed by atoms with Crippen molar-refractivity contribution in [3.63, 3.8) is 0 Å². The van der Waals surface area contributed by atoms with E-state index in [-0.39, 0.29) is 0 Å². The third kappa shape index (κ3) is 4.36. The predicted molar refractivity (Wildman–Crippen MR) is 67.7 cm³/mol. The first kappa shape index (κ1) is 11.8. The summed E-state index contributed by atoms with van der Waals surface area (Å²) in [5.74, 6) is 0.945. The Hall–Kier alpha value is -1.68. The molecule has 0 spiro atoms. The Labute approximate surface area is 101 Å². The van der Waals surface area contributed by atoms with Crippen LogP contribution >= 0.6 is 0 Å². The number of hydrogen-bond acceptors (Lipinski definition) is 3. The summed E-state index contributed by atoms with van der Waals surface area (Å²) < 4.78 is 0. The normalized spacial score (nSPS) is 10.6. The molecule has 4 heteroatoms. The summed E-state index contributed by atoms with van der Waals surface area (Å²) in [4.78, 5) is 4.07. The minimum atomic E-state index is 0.908. The van der Waals surface area contributed by atoms with Gasteiger partial charge in [-0.15, -0.1) is 0 Å². The Bertz CT molecular complexity index is 397. The Morgan fingerprint density at radius 1 is 1.06 bits per heavy atom. The summed E-state index contributed by atoms with van der Waals surface area (Å²) in [6, 6.07) is 10.6. The number of hydrogen-bond donors (Lipinski definition) is 2. The van der Waals surface area contributed by atoms with Crippen molar-refractivity contribution in [2.24, 2.45) is 0 Å². The second-order valence-electron chi connectivity index (χ2n) is 4.02. The lowest BCUT2D eigenvalue weighted by Gasteiger charge is -2.03. The van der Waals surface area contributed by atoms with Gasteiger partial charge in [-0.3, -0.25) is 5.10 Å². The Morgan fingerprint density at radius 3 is 2.71 bits per heavy atom. The van der Waals surface area contributed by atoms with E-state index in [0.717, 1.165) is 31.8 Å². The molecule has 0 saturated carbocycles. The molecule has 1 heterocycles. The van der Waals surface area contributed by atoms with Gasteiger partial charge in [0.05, 0.1) is 0 Å². The molecular formula is C13H18N4. The van der Waals surface area contributed by atoms with Crippen LogP contribution in [0.4, 0.5) is 0 Å². The van der Waals surface area contributed by atoms with Gasteiger partial charge in [0.1, 0.15) is 12.2 Å². The quantitative estimate of drug-likeness (QED) is 0.710. The van der Waals surface area contributed by atoms with Crippen LogP contribution in [0.2, 0.25) is 0 Å². The fourth-order valence-corrected chi connectivity index (χ4v) is 1.75. The van der Waals surface area contributed by atoms with E-state index >= 15 is 0 Å². The van der Waals surface area contributed by atoms with Crippen molar-refractivity contribution in [1.29, 1.82) is 0 Å². The van der Waals surface area contributed by atoms with E-state index in [1.165, 1.54) is 12.0 Å². The van der Waals surface area contributed by atoms with Gasteiger partial charge in [-0.2, -0.15) is 5.10 Å². The highest BCUT2D eigenvalue weighted by atomic mass is 15.2. The molecule has 4 nitrogen and oxygen atoms in total. The summed E-state index contributed by atoms with van der Waals surface area (Å²) in [6.07, 6.45) is 4.76. The van der Waals surface area contributed by atoms with Crippen molar-refractivity contribution >= 4 is 0 Å². The molecule has 2 aromatic rings. The predicted octanol–water partition coefficient (Wildman–Crippen LogP) is 1.57. The summed E-state index contributed by atoms with van der Waals surface area (Å²) in [7, 11) is 0. The molecular weight excluding hydrogens is 212 g/mol. The molecule has 90 valence electrons. The summed E-state index contributed by atoms with van der Waals surface area (Å²) in [5.41, 5.74) is 1.41. The van der Waals surface area contributed by atoms with E-state index in [0.29, 0.717) is 0 Å². The van der Waals surface area contributed by atoms with Crippen LogP contribution in [-0.4, -0.2) is 28.3 Å². The number of aromatic nitrogens is 3. The van der Waals surface area contributed by atoms with Gasteiger partial charge in [-0.1, -0.05) is 30.3 Å². The van der Waals surface area contributed by atoms with Crippen LogP contribution in [-0.2, 0) is 12.8 Å². The van der Waals surface area contributed by atoms with Gasteiger partial charge in [0.15, 0.2) is 0 Å². The highest BCUT2D eigenvalue weighted by Gasteiger charge is 1.95. The SMILES string of the molecule is c1ccc(CCCNCCc2ncn[nH]2)cc1. The smallest absolute Gasteiger partial charge is 0.137 e. The van der Waals surface area contributed by atoms with E-state index in [1.807, 2.05) is 0 Å². The van der Waals surface area contributed by atoms with E-state index in [1.54, 1.807) is 6.33 Å². The van der Waals surface area contributed by atoms with Gasteiger partial charge >= 0.3 is 0 Å². The van der Waals surface area contributed by atoms with Gasteiger partial charge in [0.2, 0.25) is 0 Å². The van der Waals surface area contributed by atoms with Crippen LogP contribution in [0.25, 0.3) is 0 Å². The average Bonchev–Trinajstić information content (AvgIpc) is 2.88. The van der Waals surface area contributed by atoms with E-state index in [4.69, 9.17) is 0 Å². The third-order valence-corrected chi connectivity index (χ3v) is 2.67. The number of benzene rings is 1. The minimum absolute atomic E-state index is 0.908. The van der Waals surface area contributed by atoms with Crippen LogP contribution in [0.1, 0.15) is 17.8 Å². The average molecular weight is 230 g/mol. The molecule has 1 aromatic carbocycles. The summed E-state index contributed by atoms with van der Waals surface area (Å²) >= 11 is 0. The van der Waals surface area contributed by atoms with Crippen molar-refractivity contribution in [2.45, 2.75) is 19.3 Å². The van der Waals surface area contributed by atoms with Crippen molar-refractivity contribution in [3.05, 3.63) is 48.0 Å². The van der Waals surface area contributed by atoms with Crippen molar-refractivity contribution < 1.29 is 0 Å². The fraction of sp³-hybridized carbons (Fsp3) is 0.385. The van der Waals surface area contributed by atoms with Crippen molar-refractivity contribution in [1.82, 2.24) is 20.5 Å². The monoisotopic (exact) mass is 230 g/mol. The molecule has 0 aliphatic rings. The Kier molecular flexibility index (Phi) is 4.72. The van der Waals surface area contributed by atoms with Gasteiger partial charge < -0.3 is 5.32 Å². The topological polar surface area (TPSA) is 53.6 Å². The highest BCUT2D eigenvalue weighted by molar-refractivity contribution is 5.14. The number of nitrogens with one attached hydrogen (secondary N) is 2. The van der Waals surface area contributed by atoms with Gasteiger partial charge in [-0.05, 0) is 24.9 Å². The zero-order chi connectivity index (χ0) is 11.8. The van der Waals surface area contributed by atoms with Crippen LogP contribution in [0.5, 0.6) is 0 Å². The Balaban J connectivity index is 1.52. The van der Waals surface area contributed by atoms with Crippen LogP contribution in [0.3, 0.4) is 0 Å². The maximum absolute atomic E-state index is 4.07. The standard InChI is InChI=1S/C13H18N4/c1-2-5-12(6-3-1)7-4-9-14-10-8-13-15-11-16-17-13/h1-3,5-6,11,14H,4,7-10H2,(H,15,16,17). The maximum Gasteiger partial charge on any atom is 0.137 e. The molecule has 0 atom stereocenters. The first-order valence-corrected chi connectivity index (χ1v) is 6.04. The first-order chi connectivity index (χ1) is 8.45. The molecule has 0 fully saturated rings. The lowest BCUT2D eigenvalue weighted by molar-refractivity contribution is 0.638. The van der Waals surface area contributed by atoms with Crippen molar-refractivity contribution in [3.8, 4) is 0 Å². The summed E-state index contributed by atoms with van der Waals surface area (Å²) in [5, 5.41) is 10.1. The maximum atomic E-state index is 4.07. The molecule has 17 heavy (non-hydrogen) atoms. The van der Waals surface area contributed by atoms with E-state index in [9.17, 15) is 0 Å². The zero-order valence-electron chi connectivity index (χ0n) is 9.89. The van der Waals surface area contributed by atoms with Crippen molar-refractivity contribution in [2.75, 3.05) is 13.1 Å². The fourth-order valence-electron chi connectivity index (χ4n) is 1.75. The molecule has 0 aliphatic carbocycles. The molecule has 1 aromatic heterocycles. The molecule has 0 bridgehead atoms. The number of H-pyrrole nitrogens is 1. The molecule has 2 N–H and O–H groups in total. The molecule has 0 radical (unpaired) electrons. The summed E-state index contributed by atoms with van der Waals surface area (Å²) in [6.45, 7) is 1.99. The molecule has 2 rings (SSSR count). The molecule has 0 saturated heterocycles. The minimum Gasteiger partial charge on any atom is -0.316 e. The largest absolute Gasteiger partial charge is 0.316 e. The van der Waals surface area contributed by atoms with E-state index in [2.05, 4.69) is 50.8 Å². The number of aromatic amines is 1. The van der Waals surface area contributed by atoms with E-state index < -0.39 is 0 Å². The third-order valence-electron chi connectivity index (χ3n) is 2.67. The van der Waals surface area contributed by atoms with Crippen LogP contribution < -0.4 is 5.32 Å². The zero-order valence-corrected chi connectivity index (χ0v) is 9.89. The van der Waals surface area contributed by atoms with Gasteiger partial charge in [0.25, 0.3) is 0 Å². The second-order valence-corrected chi connectivity index (χ2v) is 4.02. The first-order valence-electron chi connectivity index (χ1n) is 6.04. The second kappa shape index (κ2) is 6.81. The Morgan fingerprint density at radius 2 is 1.94 bits per heavy atom. The number of aryl methyl sites for hydroxylation is 1. The van der Waals surface area contributed by atoms with Crippen LogP contribution in [0.15, 0.2) is 36.7 Å². The lowest BCUT2D eigenvalue weighted by Crippen LogP contribution is -2.19. The lowest BCUT2D eigenvalue weighted by atomic mass is 10.1. The highest BCUT2D eigenvalue weighted by Crippen LogP contribution is 2.01. The van der Waals surface area contributed by atoms with Crippen LogP contribution in [0, 0.1) is 0 Å².